The molecular weight excluding hydrogens is 200 g/mol. The SMILES string of the molecule is CC1CNC(C)(C)CN1C(C)C1CCOC1. The van der Waals surface area contributed by atoms with Crippen molar-refractivity contribution in [2.45, 2.75) is 51.7 Å². The van der Waals surface area contributed by atoms with Gasteiger partial charge in [0.05, 0.1) is 6.61 Å². The molecule has 0 aromatic rings. The van der Waals surface area contributed by atoms with Crippen molar-refractivity contribution in [1.29, 1.82) is 0 Å². The summed E-state index contributed by atoms with van der Waals surface area (Å²) in [6, 6.07) is 1.29. The van der Waals surface area contributed by atoms with E-state index in [1.54, 1.807) is 0 Å². The summed E-state index contributed by atoms with van der Waals surface area (Å²) in [4.78, 5) is 2.66. The fraction of sp³-hybridized carbons (Fsp3) is 1.00. The van der Waals surface area contributed by atoms with Gasteiger partial charge in [-0.15, -0.1) is 0 Å². The Labute approximate surface area is 99.5 Å². The third-order valence-corrected chi connectivity index (χ3v) is 4.19. The van der Waals surface area contributed by atoms with Crippen LogP contribution in [0, 0.1) is 5.92 Å². The maximum absolute atomic E-state index is 5.51. The van der Waals surface area contributed by atoms with Gasteiger partial charge >= 0.3 is 0 Å². The monoisotopic (exact) mass is 226 g/mol. The number of nitrogens with one attached hydrogen (secondary N) is 1. The predicted molar refractivity (Wildman–Crippen MR) is 66.6 cm³/mol. The fourth-order valence-corrected chi connectivity index (χ4v) is 2.96. The highest BCUT2D eigenvalue weighted by Gasteiger charge is 2.36. The van der Waals surface area contributed by atoms with E-state index in [0.29, 0.717) is 12.1 Å². The molecule has 2 heterocycles. The quantitative estimate of drug-likeness (QED) is 0.772. The van der Waals surface area contributed by atoms with Gasteiger partial charge in [0.1, 0.15) is 0 Å². The van der Waals surface area contributed by atoms with Gasteiger partial charge in [0, 0.05) is 37.3 Å². The molecule has 0 amide bonds. The number of nitrogens with zero attached hydrogens (tertiary/aromatic N) is 1. The number of hydrogen-bond donors (Lipinski definition) is 1. The summed E-state index contributed by atoms with van der Waals surface area (Å²) in [5, 5.41) is 3.61. The first-order valence-electron chi connectivity index (χ1n) is 6.58. The molecule has 0 aromatic carbocycles. The topological polar surface area (TPSA) is 24.5 Å². The molecule has 0 aromatic heterocycles. The summed E-state index contributed by atoms with van der Waals surface area (Å²) >= 11 is 0. The van der Waals surface area contributed by atoms with Gasteiger partial charge in [0.25, 0.3) is 0 Å². The second-order valence-electron chi connectivity index (χ2n) is 6.15. The molecule has 2 aliphatic heterocycles. The van der Waals surface area contributed by atoms with E-state index in [4.69, 9.17) is 4.74 Å². The summed E-state index contributed by atoms with van der Waals surface area (Å²) in [6.45, 7) is 13.5. The minimum atomic E-state index is 0.250. The van der Waals surface area contributed by atoms with E-state index < -0.39 is 0 Å². The highest BCUT2D eigenvalue weighted by molar-refractivity contribution is 4.94. The molecule has 2 rings (SSSR count). The van der Waals surface area contributed by atoms with Gasteiger partial charge in [0.2, 0.25) is 0 Å². The summed E-state index contributed by atoms with van der Waals surface area (Å²) < 4.78 is 5.51. The van der Waals surface area contributed by atoms with E-state index in [1.807, 2.05) is 0 Å². The van der Waals surface area contributed by atoms with Gasteiger partial charge in [-0.2, -0.15) is 0 Å². The molecule has 0 spiro atoms. The lowest BCUT2D eigenvalue weighted by Gasteiger charge is -2.47. The van der Waals surface area contributed by atoms with Crippen molar-refractivity contribution in [3.05, 3.63) is 0 Å². The lowest BCUT2D eigenvalue weighted by Crippen LogP contribution is -2.63. The van der Waals surface area contributed by atoms with Crippen molar-refractivity contribution in [1.82, 2.24) is 10.2 Å². The van der Waals surface area contributed by atoms with Crippen molar-refractivity contribution in [2.75, 3.05) is 26.3 Å². The molecule has 2 aliphatic rings. The van der Waals surface area contributed by atoms with Crippen molar-refractivity contribution in [3.63, 3.8) is 0 Å². The van der Waals surface area contributed by atoms with Crippen LogP contribution in [0.3, 0.4) is 0 Å². The summed E-state index contributed by atoms with van der Waals surface area (Å²) in [5.41, 5.74) is 0.250. The van der Waals surface area contributed by atoms with Crippen molar-refractivity contribution in [3.8, 4) is 0 Å². The second-order valence-corrected chi connectivity index (χ2v) is 6.15. The summed E-state index contributed by atoms with van der Waals surface area (Å²) in [7, 11) is 0. The molecule has 3 heteroatoms. The van der Waals surface area contributed by atoms with Gasteiger partial charge in [-0.05, 0) is 40.0 Å². The highest BCUT2D eigenvalue weighted by Crippen LogP contribution is 2.26. The Morgan fingerprint density at radius 2 is 2.19 bits per heavy atom. The molecule has 2 saturated heterocycles. The molecule has 3 atom stereocenters. The third kappa shape index (κ3) is 2.58. The van der Waals surface area contributed by atoms with E-state index in [9.17, 15) is 0 Å². The fourth-order valence-electron chi connectivity index (χ4n) is 2.96. The van der Waals surface area contributed by atoms with E-state index in [-0.39, 0.29) is 5.54 Å². The molecule has 1 N–H and O–H groups in total. The van der Waals surface area contributed by atoms with E-state index in [2.05, 4.69) is 37.9 Å². The van der Waals surface area contributed by atoms with Crippen molar-refractivity contribution in [2.24, 2.45) is 5.92 Å². The van der Waals surface area contributed by atoms with Crippen LogP contribution >= 0.6 is 0 Å². The smallest absolute Gasteiger partial charge is 0.0509 e. The van der Waals surface area contributed by atoms with Gasteiger partial charge in [-0.25, -0.2) is 0 Å². The number of piperazine rings is 1. The average molecular weight is 226 g/mol. The van der Waals surface area contributed by atoms with Crippen LogP contribution in [-0.4, -0.2) is 48.8 Å². The Hall–Kier alpha value is -0.120. The lowest BCUT2D eigenvalue weighted by atomic mass is 9.92. The Bertz CT molecular complexity index is 236. The zero-order chi connectivity index (χ0) is 11.8. The van der Waals surface area contributed by atoms with Gasteiger partial charge in [-0.3, -0.25) is 4.90 Å². The molecule has 94 valence electrons. The van der Waals surface area contributed by atoms with Crippen LogP contribution in [0.5, 0.6) is 0 Å². The number of ether oxygens (including phenoxy) is 1. The maximum atomic E-state index is 5.51. The van der Waals surface area contributed by atoms with Crippen LogP contribution in [0.4, 0.5) is 0 Å². The van der Waals surface area contributed by atoms with Gasteiger partial charge < -0.3 is 10.1 Å². The first-order valence-corrected chi connectivity index (χ1v) is 6.58. The Balaban J connectivity index is 2.00. The van der Waals surface area contributed by atoms with Crippen LogP contribution in [0.15, 0.2) is 0 Å². The zero-order valence-electron chi connectivity index (χ0n) is 11.1. The average Bonchev–Trinajstić information content (AvgIpc) is 2.74. The number of rotatable bonds is 2. The summed E-state index contributed by atoms with van der Waals surface area (Å²) in [6.07, 6.45) is 1.23. The molecular formula is C13H26N2O. The largest absolute Gasteiger partial charge is 0.381 e. The molecule has 0 saturated carbocycles. The molecule has 16 heavy (non-hydrogen) atoms. The van der Waals surface area contributed by atoms with Crippen LogP contribution in [0.25, 0.3) is 0 Å². The first-order chi connectivity index (χ1) is 7.49. The first kappa shape index (κ1) is 12.3. The Morgan fingerprint density at radius 3 is 2.81 bits per heavy atom. The zero-order valence-corrected chi connectivity index (χ0v) is 11.1. The molecule has 3 nitrogen and oxygen atoms in total. The lowest BCUT2D eigenvalue weighted by molar-refractivity contribution is 0.0402. The van der Waals surface area contributed by atoms with Crippen LogP contribution in [-0.2, 0) is 4.74 Å². The molecule has 0 aliphatic carbocycles. The van der Waals surface area contributed by atoms with Crippen LogP contribution in [0.1, 0.15) is 34.1 Å². The number of hydrogen-bond acceptors (Lipinski definition) is 3. The minimum absolute atomic E-state index is 0.250. The van der Waals surface area contributed by atoms with E-state index in [1.165, 1.54) is 6.42 Å². The third-order valence-electron chi connectivity index (χ3n) is 4.19. The van der Waals surface area contributed by atoms with Crippen LogP contribution < -0.4 is 5.32 Å². The summed E-state index contributed by atoms with van der Waals surface area (Å²) in [5.74, 6) is 0.733. The van der Waals surface area contributed by atoms with E-state index >= 15 is 0 Å². The van der Waals surface area contributed by atoms with Crippen LogP contribution in [0.2, 0.25) is 0 Å². The van der Waals surface area contributed by atoms with Crippen molar-refractivity contribution >= 4 is 0 Å². The predicted octanol–water partition coefficient (Wildman–Crippen LogP) is 1.48. The molecule has 3 unspecified atom stereocenters. The minimum Gasteiger partial charge on any atom is -0.381 e. The van der Waals surface area contributed by atoms with Gasteiger partial charge in [-0.1, -0.05) is 0 Å². The van der Waals surface area contributed by atoms with E-state index in [0.717, 1.165) is 32.2 Å². The van der Waals surface area contributed by atoms with Crippen molar-refractivity contribution < 1.29 is 4.74 Å². The molecule has 2 fully saturated rings. The maximum Gasteiger partial charge on any atom is 0.0509 e. The Morgan fingerprint density at radius 1 is 1.44 bits per heavy atom. The second kappa shape index (κ2) is 4.63. The Kier molecular flexibility index (Phi) is 3.57. The molecule has 0 radical (unpaired) electrons. The standard InChI is InChI=1S/C13H26N2O/c1-10-7-14-13(3,4)9-15(10)11(2)12-5-6-16-8-12/h10-12,14H,5-9H2,1-4H3. The normalized spacial score (nSPS) is 37.5. The highest BCUT2D eigenvalue weighted by atomic mass is 16.5. The van der Waals surface area contributed by atoms with Gasteiger partial charge in [0.15, 0.2) is 0 Å². The molecule has 0 bridgehead atoms.